The van der Waals surface area contributed by atoms with Gasteiger partial charge in [0.1, 0.15) is 5.60 Å². The highest BCUT2D eigenvalue weighted by molar-refractivity contribution is 5.38. The van der Waals surface area contributed by atoms with Gasteiger partial charge in [0.2, 0.25) is 0 Å². The molecular formula is C18H36O2. The van der Waals surface area contributed by atoms with Crippen molar-refractivity contribution in [1.82, 2.24) is 0 Å². The summed E-state index contributed by atoms with van der Waals surface area (Å²) >= 11 is 0. The van der Waals surface area contributed by atoms with E-state index in [0.29, 0.717) is 6.47 Å². The van der Waals surface area contributed by atoms with Crippen molar-refractivity contribution >= 4 is 6.47 Å². The monoisotopic (exact) mass is 284 g/mol. The Morgan fingerprint density at radius 1 is 0.950 bits per heavy atom. The minimum Gasteiger partial charge on any atom is -0.461 e. The molecular weight excluding hydrogens is 248 g/mol. The van der Waals surface area contributed by atoms with Crippen LogP contribution in [0.1, 0.15) is 98.3 Å². The van der Waals surface area contributed by atoms with Crippen LogP contribution in [0.4, 0.5) is 0 Å². The van der Waals surface area contributed by atoms with Crippen LogP contribution in [0.15, 0.2) is 0 Å². The molecule has 120 valence electrons. The summed E-state index contributed by atoms with van der Waals surface area (Å²) < 4.78 is 5.34. The van der Waals surface area contributed by atoms with Gasteiger partial charge in [0, 0.05) is 0 Å². The van der Waals surface area contributed by atoms with Gasteiger partial charge in [-0.2, -0.15) is 0 Å². The second kappa shape index (κ2) is 12.2. The Hall–Kier alpha value is -0.530. The average molecular weight is 284 g/mol. The first kappa shape index (κ1) is 19.5. The molecule has 0 spiro atoms. The maximum Gasteiger partial charge on any atom is 0.293 e. The summed E-state index contributed by atoms with van der Waals surface area (Å²) in [5.41, 5.74) is -0.198. The SMILES string of the molecule is CCCCC(C)CCCCCCC(CC)(CC)OC=O. The van der Waals surface area contributed by atoms with E-state index in [1.54, 1.807) is 0 Å². The van der Waals surface area contributed by atoms with E-state index < -0.39 is 0 Å². The third-order valence-electron chi connectivity index (χ3n) is 4.72. The molecule has 1 unspecified atom stereocenters. The number of ether oxygens (including phenoxy) is 1. The first-order chi connectivity index (χ1) is 9.64. The maximum atomic E-state index is 10.6. The van der Waals surface area contributed by atoms with Crippen molar-refractivity contribution in [3.63, 3.8) is 0 Å². The Balaban J connectivity index is 3.66. The fraction of sp³-hybridized carbons (Fsp3) is 0.944. The molecule has 0 saturated carbocycles. The summed E-state index contributed by atoms with van der Waals surface area (Å²) in [4.78, 5) is 10.6. The summed E-state index contributed by atoms with van der Waals surface area (Å²) in [6.45, 7) is 9.50. The van der Waals surface area contributed by atoms with Crippen molar-refractivity contribution in [2.75, 3.05) is 0 Å². The Bertz CT molecular complexity index is 221. The van der Waals surface area contributed by atoms with Crippen molar-refractivity contribution in [3.8, 4) is 0 Å². The van der Waals surface area contributed by atoms with Gasteiger partial charge >= 0.3 is 0 Å². The zero-order valence-corrected chi connectivity index (χ0v) is 14.2. The highest BCUT2D eigenvalue weighted by Crippen LogP contribution is 2.27. The van der Waals surface area contributed by atoms with Gasteiger partial charge in [-0.3, -0.25) is 4.79 Å². The molecule has 0 saturated heterocycles. The highest BCUT2D eigenvalue weighted by Gasteiger charge is 2.26. The molecule has 0 N–H and O–H groups in total. The lowest BCUT2D eigenvalue weighted by Gasteiger charge is -2.29. The average Bonchev–Trinajstić information content (AvgIpc) is 2.47. The standard InChI is InChI=1S/C18H36O2/c1-5-8-13-17(4)14-11-9-10-12-15-18(6-2,7-3)20-16-19/h16-17H,5-15H2,1-4H3. The molecule has 0 aliphatic rings. The van der Waals surface area contributed by atoms with Gasteiger partial charge in [0.05, 0.1) is 0 Å². The summed E-state index contributed by atoms with van der Waals surface area (Å²) in [6, 6.07) is 0. The fourth-order valence-electron chi connectivity index (χ4n) is 2.92. The zero-order valence-electron chi connectivity index (χ0n) is 14.2. The lowest BCUT2D eigenvalue weighted by Crippen LogP contribution is -2.30. The Morgan fingerprint density at radius 2 is 1.55 bits per heavy atom. The molecule has 2 nitrogen and oxygen atoms in total. The minimum absolute atomic E-state index is 0.198. The van der Waals surface area contributed by atoms with Crippen LogP contribution < -0.4 is 0 Å². The molecule has 0 aliphatic carbocycles. The predicted octanol–water partition coefficient (Wildman–Crippen LogP) is 5.89. The van der Waals surface area contributed by atoms with E-state index in [2.05, 4.69) is 27.7 Å². The smallest absolute Gasteiger partial charge is 0.293 e. The van der Waals surface area contributed by atoms with Crippen LogP contribution in [-0.2, 0) is 9.53 Å². The van der Waals surface area contributed by atoms with E-state index in [0.717, 1.165) is 25.2 Å². The lowest BCUT2D eigenvalue weighted by molar-refractivity contribution is -0.145. The van der Waals surface area contributed by atoms with Crippen molar-refractivity contribution < 1.29 is 9.53 Å². The van der Waals surface area contributed by atoms with Crippen LogP contribution in [0.5, 0.6) is 0 Å². The first-order valence-electron chi connectivity index (χ1n) is 8.75. The summed E-state index contributed by atoms with van der Waals surface area (Å²) in [6.07, 6.45) is 13.4. The molecule has 0 bridgehead atoms. The van der Waals surface area contributed by atoms with Crippen molar-refractivity contribution in [3.05, 3.63) is 0 Å². The number of unbranched alkanes of at least 4 members (excludes halogenated alkanes) is 4. The molecule has 0 radical (unpaired) electrons. The topological polar surface area (TPSA) is 26.3 Å². The molecule has 0 aliphatic heterocycles. The van der Waals surface area contributed by atoms with Crippen LogP contribution in [0.3, 0.4) is 0 Å². The third kappa shape index (κ3) is 8.60. The molecule has 0 aromatic carbocycles. The number of carbonyl (C=O) groups is 1. The van der Waals surface area contributed by atoms with Crippen LogP contribution in [0.2, 0.25) is 0 Å². The van der Waals surface area contributed by atoms with E-state index >= 15 is 0 Å². The molecule has 2 heteroatoms. The van der Waals surface area contributed by atoms with Crippen LogP contribution in [0.25, 0.3) is 0 Å². The molecule has 0 amide bonds. The lowest BCUT2D eigenvalue weighted by atomic mass is 9.90. The molecule has 0 fully saturated rings. The number of rotatable bonds is 14. The van der Waals surface area contributed by atoms with E-state index in [-0.39, 0.29) is 5.60 Å². The van der Waals surface area contributed by atoms with E-state index in [9.17, 15) is 4.79 Å². The van der Waals surface area contributed by atoms with Crippen molar-refractivity contribution in [1.29, 1.82) is 0 Å². The Morgan fingerprint density at radius 3 is 2.10 bits per heavy atom. The quantitative estimate of drug-likeness (QED) is 0.294. The second-order valence-corrected chi connectivity index (χ2v) is 6.30. The number of hydrogen-bond acceptors (Lipinski definition) is 2. The van der Waals surface area contributed by atoms with E-state index in [4.69, 9.17) is 4.74 Å². The van der Waals surface area contributed by atoms with Crippen molar-refractivity contribution in [2.45, 2.75) is 104 Å². The summed E-state index contributed by atoms with van der Waals surface area (Å²) in [5, 5.41) is 0. The van der Waals surface area contributed by atoms with Gasteiger partial charge in [-0.15, -0.1) is 0 Å². The van der Waals surface area contributed by atoms with E-state index in [1.807, 2.05) is 0 Å². The van der Waals surface area contributed by atoms with Gasteiger partial charge in [0.25, 0.3) is 6.47 Å². The Kier molecular flexibility index (Phi) is 11.9. The predicted molar refractivity (Wildman–Crippen MR) is 86.9 cm³/mol. The van der Waals surface area contributed by atoms with Gasteiger partial charge in [-0.1, -0.05) is 72.6 Å². The Labute approximate surface area is 126 Å². The van der Waals surface area contributed by atoms with Crippen LogP contribution in [0, 0.1) is 5.92 Å². The summed E-state index contributed by atoms with van der Waals surface area (Å²) in [5.74, 6) is 0.888. The number of hydrogen-bond donors (Lipinski definition) is 0. The van der Waals surface area contributed by atoms with E-state index in [1.165, 1.54) is 51.4 Å². The number of carbonyl (C=O) groups excluding carboxylic acids is 1. The molecule has 0 aromatic rings. The maximum absolute atomic E-state index is 10.6. The second-order valence-electron chi connectivity index (χ2n) is 6.30. The third-order valence-corrected chi connectivity index (χ3v) is 4.72. The minimum atomic E-state index is -0.198. The molecule has 0 aromatic heterocycles. The molecule has 0 heterocycles. The zero-order chi connectivity index (χ0) is 15.3. The fourth-order valence-corrected chi connectivity index (χ4v) is 2.92. The molecule has 20 heavy (non-hydrogen) atoms. The largest absolute Gasteiger partial charge is 0.461 e. The summed E-state index contributed by atoms with van der Waals surface area (Å²) in [7, 11) is 0. The van der Waals surface area contributed by atoms with Gasteiger partial charge in [0.15, 0.2) is 0 Å². The van der Waals surface area contributed by atoms with Crippen LogP contribution >= 0.6 is 0 Å². The van der Waals surface area contributed by atoms with Gasteiger partial charge in [-0.25, -0.2) is 0 Å². The van der Waals surface area contributed by atoms with Crippen LogP contribution in [-0.4, -0.2) is 12.1 Å². The first-order valence-corrected chi connectivity index (χ1v) is 8.75. The van der Waals surface area contributed by atoms with Gasteiger partial charge in [-0.05, 0) is 31.6 Å². The molecule has 1 atom stereocenters. The normalized spacial score (nSPS) is 13.2. The van der Waals surface area contributed by atoms with Gasteiger partial charge < -0.3 is 4.74 Å². The van der Waals surface area contributed by atoms with Crippen molar-refractivity contribution in [2.24, 2.45) is 5.92 Å². The molecule has 0 rings (SSSR count). The highest BCUT2D eigenvalue weighted by atomic mass is 16.5.